The first-order valence-corrected chi connectivity index (χ1v) is 4.87. The molecule has 0 rings (SSSR count). The number of nitrogens with one attached hydrogen (secondary N) is 1. The Morgan fingerprint density at radius 1 is 1.33 bits per heavy atom. The highest BCUT2D eigenvalue weighted by atomic mass is 16.6. The Bertz CT molecular complexity index is 195. The number of ether oxygens (including phenoxy) is 2. The predicted molar refractivity (Wildman–Crippen MR) is 52.3 cm³/mol. The van der Waals surface area contributed by atoms with E-state index < -0.39 is 6.09 Å². The summed E-state index contributed by atoms with van der Waals surface area (Å²) in [5, 5.41) is 10.8. The fourth-order valence-corrected chi connectivity index (χ4v) is 0.846. The smallest absolute Gasteiger partial charge is 0.407 e. The molecule has 1 amide bonds. The zero-order valence-corrected chi connectivity index (χ0v) is 8.82. The molecule has 15 heavy (non-hydrogen) atoms. The van der Waals surface area contributed by atoms with Crippen molar-refractivity contribution in [2.24, 2.45) is 0 Å². The Labute approximate surface area is 88.6 Å². The van der Waals surface area contributed by atoms with Crippen LogP contribution in [0, 0.1) is 0 Å². The van der Waals surface area contributed by atoms with Crippen molar-refractivity contribution in [2.75, 3.05) is 26.4 Å². The van der Waals surface area contributed by atoms with Gasteiger partial charge in [0.2, 0.25) is 0 Å². The summed E-state index contributed by atoms with van der Waals surface area (Å²) in [6.07, 6.45) is 0.189. The van der Waals surface area contributed by atoms with Gasteiger partial charge in [0.1, 0.15) is 6.61 Å². The molecule has 6 nitrogen and oxygen atoms in total. The molecule has 0 spiro atoms. The Balaban J connectivity index is 3.30. The number of hydrogen-bond donors (Lipinski definition) is 2. The summed E-state index contributed by atoms with van der Waals surface area (Å²) >= 11 is 0. The quantitative estimate of drug-likeness (QED) is 0.466. The molecule has 0 unspecified atom stereocenters. The Hall–Kier alpha value is -1.30. The van der Waals surface area contributed by atoms with Gasteiger partial charge < -0.3 is 19.9 Å². The molecular formula is C9H17NO5. The van der Waals surface area contributed by atoms with E-state index in [9.17, 15) is 9.59 Å². The van der Waals surface area contributed by atoms with Crippen molar-refractivity contribution in [2.45, 2.75) is 19.8 Å². The van der Waals surface area contributed by atoms with E-state index in [0.29, 0.717) is 19.6 Å². The van der Waals surface area contributed by atoms with Crippen LogP contribution in [0.4, 0.5) is 4.79 Å². The second kappa shape index (κ2) is 9.26. The van der Waals surface area contributed by atoms with Crippen LogP contribution in [0.3, 0.4) is 0 Å². The van der Waals surface area contributed by atoms with Gasteiger partial charge in [0.15, 0.2) is 0 Å². The molecular weight excluding hydrogens is 202 g/mol. The molecule has 0 aromatic rings. The van der Waals surface area contributed by atoms with E-state index >= 15 is 0 Å². The van der Waals surface area contributed by atoms with E-state index in [1.807, 2.05) is 0 Å². The number of aliphatic hydroxyl groups excluding tert-OH is 1. The molecule has 0 aromatic carbocycles. The maximum atomic E-state index is 10.9. The van der Waals surface area contributed by atoms with Crippen LogP contribution in [0.1, 0.15) is 19.8 Å². The molecule has 0 bridgehead atoms. The summed E-state index contributed by atoms with van der Waals surface area (Å²) in [6, 6.07) is 0. The summed E-state index contributed by atoms with van der Waals surface area (Å²) in [4.78, 5) is 21.7. The second-order valence-corrected chi connectivity index (χ2v) is 2.69. The number of esters is 1. The Morgan fingerprint density at radius 2 is 2.07 bits per heavy atom. The number of alkyl carbamates (subject to hydrolysis) is 1. The van der Waals surface area contributed by atoms with Gasteiger partial charge in [-0.1, -0.05) is 0 Å². The topological polar surface area (TPSA) is 84.9 Å². The van der Waals surface area contributed by atoms with E-state index in [0.717, 1.165) is 0 Å². The lowest BCUT2D eigenvalue weighted by Crippen LogP contribution is -2.26. The van der Waals surface area contributed by atoms with Gasteiger partial charge in [-0.3, -0.25) is 4.79 Å². The van der Waals surface area contributed by atoms with E-state index in [-0.39, 0.29) is 25.6 Å². The Morgan fingerprint density at radius 3 is 2.67 bits per heavy atom. The molecule has 6 heteroatoms. The normalized spacial score (nSPS) is 9.47. The van der Waals surface area contributed by atoms with E-state index in [4.69, 9.17) is 9.84 Å². The third kappa shape index (κ3) is 9.01. The standard InChI is InChI=1S/C9H17NO5/c1-2-14-8(12)4-3-5-10-9(13)15-7-6-11/h11H,2-7H2,1H3,(H,10,13). The number of carbonyl (C=O) groups excluding carboxylic acids is 2. The van der Waals surface area contributed by atoms with Gasteiger partial charge in [0, 0.05) is 13.0 Å². The zero-order valence-electron chi connectivity index (χ0n) is 8.82. The van der Waals surface area contributed by atoms with Crippen molar-refractivity contribution < 1.29 is 24.2 Å². The van der Waals surface area contributed by atoms with Crippen molar-refractivity contribution >= 4 is 12.1 Å². The van der Waals surface area contributed by atoms with Crippen LogP contribution in [0.5, 0.6) is 0 Å². The van der Waals surface area contributed by atoms with Gasteiger partial charge in [-0.25, -0.2) is 4.79 Å². The molecule has 0 saturated carbocycles. The van der Waals surface area contributed by atoms with E-state index in [1.165, 1.54) is 0 Å². The van der Waals surface area contributed by atoms with Crippen molar-refractivity contribution in [1.29, 1.82) is 0 Å². The minimum Gasteiger partial charge on any atom is -0.466 e. The molecule has 0 aliphatic heterocycles. The lowest BCUT2D eigenvalue weighted by molar-refractivity contribution is -0.143. The molecule has 0 aliphatic carbocycles. The summed E-state index contributed by atoms with van der Waals surface area (Å²) in [5.41, 5.74) is 0. The summed E-state index contributed by atoms with van der Waals surface area (Å²) in [6.45, 7) is 2.23. The van der Waals surface area contributed by atoms with Gasteiger partial charge in [0.25, 0.3) is 0 Å². The van der Waals surface area contributed by atoms with Crippen molar-refractivity contribution in [1.82, 2.24) is 5.32 Å². The summed E-state index contributed by atoms with van der Waals surface area (Å²) < 4.78 is 9.23. The fraction of sp³-hybridized carbons (Fsp3) is 0.778. The number of carbonyl (C=O) groups is 2. The molecule has 0 saturated heterocycles. The van der Waals surface area contributed by atoms with E-state index in [2.05, 4.69) is 10.1 Å². The third-order valence-electron chi connectivity index (χ3n) is 1.46. The molecule has 0 aliphatic rings. The highest BCUT2D eigenvalue weighted by molar-refractivity contribution is 5.69. The van der Waals surface area contributed by atoms with Crippen LogP contribution in [-0.2, 0) is 14.3 Å². The average molecular weight is 219 g/mol. The summed E-state index contributed by atoms with van der Waals surface area (Å²) in [5.74, 6) is -0.275. The first kappa shape index (κ1) is 13.7. The van der Waals surface area contributed by atoms with Gasteiger partial charge in [-0.15, -0.1) is 0 Å². The monoisotopic (exact) mass is 219 g/mol. The molecule has 0 heterocycles. The average Bonchev–Trinajstić information content (AvgIpc) is 2.22. The van der Waals surface area contributed by atoms with Crippen LogP contribution >= 0.6 is 0 Å². The molecule has 88 valence electrons. The minimum absolute atomic E-state index is 0.0241. The molecule has 0 radical (unpaired) electrons. The van der Waals surface area contributed by atoms with Crippen LogP contribution in [-0.4, -0.2) is 43.5 Å². The maximum Gasteiger partial charge on any atom is 0.407 e. The lowest BCUT2D eigenvalue weighted by atomic mass is 10.3. The SMILES string of the molecule is CCOC(=O)CCCNC(=O)OCCO. The summed E-state index contributed by atoms with van der Waals surface area (Å²) in [7, 11) is 0. The number of amides is 1. The van der Waals surface area contributed by atoms with E-state index in [1.54, 1.807) is 6.92 Å². The number of hydrogen-bond acceptors (Lipinski definition) is 5. The first-order chi connectivity index (χ1) is 7.20. The molecule has 0 aromatic heterocycles. The van der Waals surface area contributed by atoms with Gasteiger partial charge in [0.05, 0.1) is 13.2 Å². The fourth-order valence-electron chi connectivity index (χ4n) is 0.846. The largest absolute Gasteiger partial charge is 0.466 e. The van der Waals surface area contributed by atoms with Gasteiger partial charge >= 0.3 is 12.1 Å². The second-order valence-electron chi connectivity index (χ2n) is 2.69. The highest BCUT2D eigenvalue weighted by Crippen LogP contribution is 1.91. The van der Waals surface area contributed by atoms with Crippen molar-refractivity contribution in [3.05, 3.63) is 0 Å². The first-order valence-electron chi connectivity index (χ1n) is 4.87. The zero-order chi connectivity index (χ0) is 11.5. The van der Waals surface area contributed by atoms with Gasteiger partial charge in [-0.05, 0) is 13.3 Å². The number of rotatable bonds is 7. The molecule has 2 N–H and O–H groups in total. The maximum absolute atomic E-state index is 10.9. The predicted octanol–water partition coefficient (Wildman–Crippen LogP) is 0.0482. The Kier molecular flexibility index (Phi) is 8.46. The van der Waals surface area contributed by atoms with Crippen LogP contribution in [0.15, 0.2) is 0 Å². The minimum atomic E-state index is -0.590. The molecule has 0 atom stereocenters. The van der Waals surface area contributed by atoms with Crippen molar-refractivity contribution in [3.63, 3.8) is 0 Å². The lowest BCUT2D eigenvalue weighted by Gasteiger charge is -2.05. The molecule has 0 fully saturated rings. The number of aliphatic hydroxyl groups is 1. The third-order valence-corrected chi connectivity index (χ3v) is 1.46. The van der Waals surface area contributed by atoms with Crippen LogP contribution in [0.2, 0.25) is 0 Å². The highest BCUT2D eigenvalue weighted by Gasteiger charge is 2.03. The van der Waals surface area contributed by atoms with Crippen molar-refractivity contribution in [3.8, 4) is 0 Å². The van der Waals surface area contributed by atoms with Gasteiger partial charge in [-0.2, -0.15) is 0 Å². The van der Waals surface area contributed by atoms with Crippen LogP contribution < -0.4 is 5.32 Å². The van der Waals surface area contributed by atoms with Crippen LogP contribution in [0.25, 0.3) is 0 Å².